The van der Waals surface area contributed by atoms with Gasteiger partial charge >= 0.3 is 12.1 Å². The molecular weight excluding hydrogens is 284 g/mol. The van der Waals surface area contributed by atoms with Gasteiger partial charge in [-0.25, -0.2) is 4.79 Å². The first kappa shape index (κ1) is 17.1. The fourth-order valence-corrected chi connectivity index (χ4v) is 2.87. The largest absolute Gasteiger partial charge is 0.469 e. The minimum atomic E-state index is -0.544. The second-order valence-corrected chi connectivity index (χ2v) is 7.37. The maximum absolute atomic E-state index is 12.0. The van der Waals surface area contributed by atoms with Crippen molar-refractivity contribution in [3.05, 3.63) is 0 Å². The molecule has 0 aromatic heterocycles. The Kier molecular flexibility index (Phi) is 5.32. The highest BCUT2D eigenvalue weighted by molar-refractivity contribution is 5.75. The van der Waals surface area contributed by atoms with Gasteiger partial charge in [0.05, 0.1) is 13.0 Å². The van der Waals surface area contributed by atoms with E-state index in [2.05, 4.69) is 10.2 Å². The second-order valence-electron chi connectivity index (χ2n) is 7.37. The molecule has 0 unspecified atom stereocenters. The van der Waals surface area contributed by atoms with Gasteiger partial charge in [-0.3, -0.25) is 4.79 Å². The first-order valence-corrected chi connectivity index (χ1v) is 8.08. The third kappa shape index (κ3) is 5.16. The third-order valence-corrected chi connectivity index (χ3v) is 4.12. The van der Waals surface area contributed by atoms with Crippen molar-refractivity contribution in [3.63, 3.8) is 0 Å². The van der Waals surface area contributed by atoms with E-state index in [1.54, 1.807) is 0 Å². The minimum Gasteiger partial charge on any atom is -0.469 e. The fraction of sp³-hybridized carbons (Fsp3) is 0.875. The number of hydrogen-bond acceptors (Lipinski definition) is 5. The van der Waals surface area contributed by atoms with Crippen molar-refractivity contribution in [3.8, 4) is 0 Å². The molecule has 6 nitrogen and oxygen atoms in total. The zero-order valence-corrected chi connectivity index (χ0v) is 14.1. The van der Waals surface area contributed by atoms with Gasteiger partial charge in [0.2, 0.25) is 0 Å². The van der Waals surface area contributed by atoms with Crippen LogP contribution in [0.2, 0.25) is 0 Å². The molecule has 1 aliphatic carbocycles. The van der Waals surface area contributed by atoms with Crippen molar-refractivity contribution in [2.75, 3.05) is 26.7 Å². The molecule has 2 rings (SSSR count). The van der Waals surface area contributed by atoms with Crippen molar-refractivity contribution in [1.29, 1.82) is 0 Å². The number of hydrogen-bond donors (Lipinski definition) is 1. The van der Waals surface area contributed by atoms with Gasteiger partial charge in [0, 0.05) is 25.7 Å². The van der Waals surface area contributed by atoms with Crippen LogP contribution in [-0.2, 0) is 14.3 Å². The molecule has 0 aromatic rings. The van der Waals surface area contributed by atoms with Gasteiger partial charge in [-0.15, -0.1) is 0 Å². The SMILES string of the molecule is COC(=O)[C@@H]1CN(CC2CC2)CC[C@H]1NC(=O)OC(C)(C)C. The number of carbonyl (C=O) groups is 2. The summed E-state index contributed by atoms with van der Waals surface area (Å²) in [6, 6.07) is -0.224. The number of piperidine rings is 1. The maximum Gasteiger partial charge on any atom is 0.407 e. The second kappa shape index (κ2) is 6.86. The van der Waals surface area contributed by atoms with Crippen LogP contribution in [0.4, 0.5) is 4.79 Å². The lowest BCUT2D eigenvalue weighted by Crippen LogP contribution is -2.54. The molecule has 2 atom stereocenters. The van der Waals surface area contributed by atoms with Crippen molar-refractivity contribution in [1.82, 2.24) is 10.2 Å². The lowest BCUT2D eigenvalue weighted by molar-refractivity contribution is -0.148. The number of methoxy groups -OCH3 is 1. The summed E-state index contributed by atoms with van der Waals surface area (Å²) in [5, 5.41) is 2.84. The van der Waals surface area contributed by atoms with Crippen LogP contribution < -0.4 is 5.32 Å². The molecule has 0 aromatic carbocycles. The molecule has 126 valence electrons. The van der Waals surface area contributed by atoms with Gasteiger partial charge in [0.25, 0.3) is 0 Å². The standard InChI is InChI=1S/C16H28N2O4/c1-16(2,3)22-15(20)17-13-7-8-18(9-11-5-6-11)10-12(13)14(19)21-4/h11-13H,5-10H2,1-4H3,(H,17,20)/t12-,13-/m1/s1. The molecule has 1 saturated heterocycles. The van der Waals surface area contributed by atoms with E-state index in [-0.39, 0.29) is 17.9 Å². The monoisotopic (exact) mass is 312 g/mol. The highest BCUT2D eigenvalue weighted by Gasteiger charge is 2.38. The number of nitrogens with zero attached hydrogens (tertiary/aromatic N) is 1. The lowest BCUT2D eigenvalue weighted by atomic mass is 9.92. The van der Waals surface area contributed by atoms with Crippen LogP contribution in [-0.4, -0.2) is 55.3 Å². The smallest absolute Gasteiger partial charge is 0.407 e. The Bertz CT molecular complexity index is 415. The highest BCUT2D eigenvalue weighted by atomic mass is 16.6. The number of carbonyl (C=O) groups excluding carboxylic acids is 2. The Morgan fingerprint density at radius 3 is 2.45 bits per heavy atom. The van der Waals surface area contributed by atoms with Crippen LogP contribution in [0.5, 0.6) is 0 Å². The average molecular weight is 312 g/mol. The van der Waals surface area contributed by atoms with Crippen LogP contribution in [0.1, 0.15) is 40.0 Å². The van der Waals surface area contributed by atoms with E-state index in [1.807, 2.05) is 20.8 Å². The van der Waals surface area contributed by atoms with E-state index in [0.29, 0.717) is 6.54 Å². The molecule has 1 N–H and O–H groups in total. The van der Waals surface area contributed by atoms with Crippen molar-refractivity contribution in [2.24, 2.45) is 11.8 Å². The number of ether oxygens (including phenoxy) is 2. The molecule has 22 heavy (non-hydrogen) atoms. The van der Waals surface area contributed by atoms with Crippen molar-refractivity contribution >= 4 is 12.1 Å². The average Bonchev–Trinajstić information content (AvgIpc) is 3.21. The summed E-state index contributed by atoms with van der Waals surface area (Å²) in [5.74, 6) is 0.195. The van der Waals surface area contributed by atoms with E-state index in [0.717, 1.165) is 25.4 Å². The van der Waals surface area contributed by atoms with Crippen LogP contribution in [0.3, 0.4) is 0 Å². The van der Waals surface area contributed by atoms with Crippen LogP contribution in [0.15, 0.2) is 0 Å². The van der Waals surface area contributed by atoms with Gasteiger partial charge in [-0.05, 0) is 46.0 Å². The molecule has 0 spiro atoms. The summed E-state index contributed by atoms with van der Waals surface area (Å²) in [6.45, 7) is 8.05. The Labute approximate surface area is 132 Å². The van der Waals surface area contributed by atoms with Gasteiger partial charge in [-0.1, -0.05) is 0 Å². The van der Waals surface area contributed by atoms with Gasteiger partial charge in [-0.2, -0.15) is 0 Å². The van der Waals surface area contributed by atoms with Crippen LogP contribution >= 0.6 is 0 Å². The molecule has 2 aliphatic rings. The molecule has 6 heteroatoms. The number of likely N-dealkylation sites (tertiary alicyclic amines) is 1. The topological polar surface area (TPSA) is 67.9 Å². The van der Waals surface area contributed by atoms with E-state index in [4.69, 9.17) is 9.47 Å². The molecule has 1 heterocycles. The van der Waals surface area contributed by atoms with Crippen molar-refractivity contribution in [2.45, 2.75) is 51.7 Å². The van der Waals surface area contributed by atoms with Gasteiger partial charge in [0.15, 0.2) is 0 Å². The number of rotatable bonds is 4. The summed E-state index contributed by atoms with van der Waals surface area (Å²) >= 11 is 0. The fourth-order valence-electron chi connectivity index (χ4n) is 2.87. The molecule has 1 saturated carbocycles. The Hall–Kier alpha value is -1.30. The summed E-state index contributed by atoms with van der Waals surface area (Å²) in [4.78, 5) is 26.3. The number of amides is 1. The predicted octanol–water partition coefficient (Wildman–Crippen LogP) is 1.78. The Morgan fingerprint density at radius 1 is 1.23 bits per heavy atom. The van der Waals surface area contributed by atoms with Crippen molar-refractivity contribution < 1.29 is 19.1 Å². The first-order valence-electron chi connectivity index (χ1n) is 8.08. The van der Waals surface area contributed by atoms with E-state index >= 15 is 0 Å². The van der Waals surface area contributed by atoms with Crippen LogP contribution in [0.25, 0.3) is 0 Å². The van der Waals surface area contributed by atoms with E-state index in [1.165, 1.54) is 20.0 Å². The zero-order valence-electron chi connectivity index (χ0n) is 14.1. The maximum atomic E-state index is 12.0. The highest BCUT2D eigenvalue weighted by Crippen LogP contribution is 2.31. The molecule has 0 bridgehead atoms. The summed E-state index contributed by atoms with van der Waals surface area (Å²) in [5.41, 5.74) is -0.544. The zero-order chi connectivity index (χ0) is 16.3. The number of nitrogens with one attached hydrogen (secondary N) is 1. The lowest BCUT2D eigenvalue weighted by Gasteiger charge is -2.37. The summed E-state index contributed by atoms with van der Waals surface area (Å²) < 4.78 is 10.2. The van der Waals surface area contributed by atoms with E-state index in [9.17, 15) is 9.59 Å². The third-order valence-electron chi connectivity index (χ3n) is 4.12. The number of alkyl carbamates (subject to hydrolysis) is 1. The first-order chi connectivity index (χ1) is 10.3. The normalized spacial score (nSPS) is 26.4. The quantitative estimate of drug-likeness (QED) is 0.802. The summed E-state index contributed by atoms with van der Waals surface area (Å²) in [7, 11) is 1.40. The van der Waals surface area contributed by atoms with E-state index < -0.39 is 11.7 Å². The minimum absolute atomic E-state index is 0.224. The Morgan fingerprint density at radius 2 is 1.91 bits per heavy atom. The predicted molar refractivity (Wildman–Crippen MR) is 82.4 cm³/mol. The number of esters is 1. The molecule has 1 aliphatic heterocycles. The van der Waals surface area contributed by atoms with Crippen LogP contribution in [0, 0.1) is 11.8 Å². The molecule has 1 amide bonds. The molecular formula is C16H28N2O4. The summed E-state index contributed by atoms with van der Waals surface area (Å²) in [6.07, 6.45) is 2.85. The Balaban J connectivity index is 1.93. The van der Waals surface area contributed by atoms with Gasteiger partial charge < -0.3 is 19.7 Å². The van der Waals surface area contributed by atoms with Gasteiger partial charge in [0.1, 0.15) is 5.60 Å². The molecule has 0 radical (unpaired) electrons. The molecule has 2 fully saturated rings.